The summed E-state index contributed by atoms with van der Waals surface area (Å²) < 4.78 is 30.1. The first kappa shape index (κ1) is 15.6. The van der Waals surface area contributed by atoms with E-state index in [9.17, 15) is 8.42 Å². The minimum Gasteiger partial charge on any atom is -1.00 e. The molecule has 1 N–H and O–H groups in total. The largest absolute Gasteiger partial charge is 1.00 e. The molecule has 6 heteroatoms. The Morgan fingerprint density at radius 3 is 2.20 bits per heavy atom. The fraction of sp³-hybridized carbons (Fsp3) is 0.333. The van der Waals surface area contributed by atoms with Gasteiger partial charge in [-0.05, 0) is 30.5 Å². The summed E-state index contributed by atoms with van der Waals surface area (Å²) in [6, 6.07) is 6.26. The van der Waals surface area contributed by atoms with Gasteiger partial charge in [-0.3, -0.25) is 4.55 Å². The molecule has 3 nitrogen and oxygen atoms in total. The maximum atomic E-state index is 10.7. The van der Waals surface area contributed by atoms with Crippen LogP contribution >= 0.6 is 15.9 Å². The van der Waals surface area contributed by atoms with Gasteiger partial charge in [-0.25, -0.2) is 0 Å². The van der Waals surface area contributed by atoms with Crippen LogP contribution in [0.2, 0.25) is 0 Å². The summed E-state index contributed by atoms with van der Waals surface area (Å²) in [4.78, 5) is -0.0555. The maximum Gasteiger partial charge on any atom is 1.00 e. The molecule has 0 spiro atoms. The first-order valence-corrected chi connectivity index (χ1v) is 6.72. The van der Waals surface area contributed by atoms with Crippen LogP contribution in [0.4, 0.5) is 0 Å². The number of aryl methyl sites for hydroxylation is 1. The molecule has 1 aromatic rings. The van der Waals surface area contributed by atoms with Crippen molar-refractivity contribution in [1.29, 1.82) is 0 Å². The molecule has 0 bridgehead atoms. The van der Waals surface area contributed by atoms with Crippen LogP contribution in [0.5, 0.6) is 0 Å². The molecule has 0 saturated carbocycles. The van der Waals surface area contributed by atoms with Crippen LogP contribution in [0, 0.1) is 0 Å². The Kier molecular flexibility index (Phi) is 7.32. The third-order valence-electron chi connectivity index (χ3n) is 1.82. The predicted octanol–water partition coefficient (Wildman–Crippen LogP) is -0.623. The van der Waals surface area contributed by atoms with Gasteiger partial charge in [0.25, 0.3) is 10.1 Å². The molecule has 1 rings (SSSR count). The zero-order chi connectivity index (χ0) is 10.6. The van der Waals surface area contributed by atoms with E-state index in [4.69, 9.17) is 4.55 Å². The predicted molar refractivity (Wildman–Crippen MR) is 59.5 cm³/mol. The van der Waals surface area contributed by atoms with Gasteiger partial charge in [-0.15, -0.1) is 0 Å². The van der Waals surface area contributed by atoms with Gasteiger partial charge in [0.2, 0.25) is 0 Å². The van der Waals surface area contributed by atoms with Crippen LogP contribution in [0.15, 0.2) is 29.2 Å². The summed E-state index contributed by atoms with van der Waals surface area (Å²) in [5, 5.41) is 0.924. The van der Waals surface area contributed by atoms with Crippen molar-refractivity contribution in [3.8, 4) is 0 Å². The van der Waals surface area contributed by atoms with Gasteiger partial charge in [0.05, 0.1) is 4.90 Å². The average Bonchev–Trinajstić information content (AvgIpc) is 2.14. The molecule has 0 atom stereocenters. The minimum absolute atomic E-state index is 0. The molecule has 0 unspecified atom stereocenters. The molecule has 0 heterocycles. The first-order valence-electron chi connectivity index (χ1n) is 4.16. The summed E-state index contributed by atoms with van der Waals surface area (Å²) in [5.41, 5.74) is 1.07. The van der Waals surface area contributed by atoms with Crippen molar-refractivity contribution in [2.24, 2.45) is 0 Å². The van der Waals surface area contributed by atoms with Gasteiger partial charge in [0.1, 0.15) is 0 Å². The summed E-state index contributed by atoms with van der Waals surface area (Å²) in [6.07, 6.45) is 1.90. The molecule has 15 heavy (non-hydrogen) atoms. The third-order valence-corrected chi connectivity index (χ3v) is 3.25. The molecule has 80 valence electrons. The molecule has 0 aliphatic carbocycles. The van der Waals surface area contributed by atoms with E-state index in [1.54, 1.807) is 12.1 Å². The fourth-order valence-electron chi connectivity index (χ4n) is 1.10. The molecule has 0 radical (unpaired) electrons. The molecule has 0 saturated heterocycles. The zero-order valence-corrected chi connectivity index (χ0v) is 12.9. The standard InChI is InChI=1S/C9H11BrO3S.Na.H/c10-7-1-2-8-3-5-9(6-4-8)14(11,12)13;;/h3-6H,1-2,7H2,(H,11,12,13);;/q;+1;-1. The Morgan fingerprint density at radius 1 is 1.27 bits per heavy atom. The smallest absolute Gasteiger partial charge is 1.00 e. The van der Waals surface area contributed by atoms with E-state index in [0.717, 1.165) is 23.7 Å². The van der Waals surface area contributed by atoms with Crippen molar-refractivity contribution in [1.82, 2.24) is 0 Å². The van der Waals surface area contributed by atoms with E-state index >= 15 is 0 Å². The van der Waals surface area contributed by atoms with Gasteiger partial charge in [-0.1, -0.05) is 28.1 Å². The van der Waals surface area contributed by atoms with E-state index in [-0.39, 0.29) is 35.9 Å². The first-order chi connectivity index (χ1) is 6.54. The van der Waals surface area contributed by atoms with Crippen molar-refractivity contribution in [2.45, 2.75) is 17.7 Å². The zero-order valence-electron chi connectivity index (χ0n) is 9.48. The second kappa shape index (κ2) is 7.04. The second-order valence-corrected chi connectivity index (χ2v) is 5.13. The van der Waals surface area contributed by atoms with Crippen LogP contribution in [0.1, 0.15) is 13.4 Å². The summed E-state index contributed by atoms with van der Waals surface area (Å²) >= 11 is 3.32. The van der Waals surface area contributed by atoms with Crippen LogP contribution in [0.25, 0.3) is 0 Å². The van der Waals surface area contributed by atoms with Crippen LogP contribution < -0.4 is 29.6 Å². The van der Waals surface area contributed by atoms with E-state index in [1.165, 1.54) is 12.1 Å². The molecule has 0 fully saturated rings. The van der Waals surface area contributed by atoms with Crippen LogP contribution in [-0.2, 0) is 16.5 Å². The van der Waals surface area contributed by atoms with Crippen LogP contribution in [-0.4, -0.2) is 18.3 Å². The summed E-state index contributed by atoms with van der Waals surface area (Å²) in [7, 11) is -4.05. The number of halogens is 1. The Hall–Kier alpha value is 0.610. The van der Waals surface area contributed by atoms with Crippen LogP contribution in [0.3, 0.4) is 0 Å². The van der Waals surface area contributed by atoms with Crippen molar-refractivity contribution < 1.29 is 44.0 Å². The normalized spacial score (nSPS) is 10.8. The van der Waals surface area contributed by atoms with E-state index < -0.39 is 10.1 Å². The van der Waals surface area contributed by atoms with E-state index in [2.05, 4.69) is 15.9 Å². The number of rotatable bonds is 4. The average molecular weight is 303 g/mol. The minimum atomic E-state index is -4.05. The van der Waals surface area contributed by atoms with Gasteiger partial charge in [-0.2, -0.15) is 8.42 Å². The van der Waals surface area contributed by atoms with E-state index in [0.29, 0.717) is 0 Å². The fourth-order valence-corrected chi connectivity index (χ4v) is 1.86. The van der Waals surface area contributed by atoms with Crippen molar-refractivity contribution in [3.05, 3.63) is 29.8 Å². The molecular weight excluding hydrogens is 291 g/mol. The Morgan fingerprint density at radius 2 is 1.80 bits per heavy atom. The molecule has 0 amide bonds. The molecular formula is C9H12BrNaO3S. The van der Waals surface area contributed by atoms with Gasteiger partial charge in [0, 0.05) is 5.33 Å². The number of hydrogen-bond donors (Lipinski definition) is 1. The van der Waals surface area contributed by atoms with Crippen molar-refractivity contribution in [2.75, 3.05) is 5.33 Å². The third kappa shape index (κ3) is 5.47. The molecule has 0 aromatic heterocycles. The topological polar surface area (TPSA) is 54.4 Å². The quantitative estimate of drug-likeness (QED) is 0.458. The molecule has 1 aromatic carbocycles. The Balaban J connectivity index is 0. The maximum absolute atomic E-state index is 10.7. The SMILES string of the molecule is O=S(=O)(O)c1ccc(CCCBr)cc1.[H-].[Na+]. The number of benzene rings is 1. The monoisotopic (exact) mass is 302 g/mol. The summed E-state index contributed by atoms with van der Waals surface area (Å²) in [6.45, 7) is 0. The van der Waals surface area contributed by atoms with Gasteiger partial charge < -0.3 is 1.43 Å². The number of hydrogen-bond acceptors (Lipinski definition) is 2. The van der Waals surface area contributed by atoms with Crippen molar-refractivity contribution in [3.63, 3.8) is 0 Å². The Labute approximate surface area is 122 Å². The van der Waals surface area contributed by atoms with Gasteiger partial charge in [0.15, 0.2) is 0 Å². The molecule has 0 aliphatic rings. The Bertz CT molecular complexity index is 394. The second-order valence-electron chi connectivity index (χ2n) is 2.91. The van der Waals surface area contributed by atoms with Gasteiger partial charge >= 0.3 is 29.6 Å². The summed E-state index contributed by atoms with van der Waals surface area (Å²) in [5.74, 6) is 0. The van der Waals surface area contributed by atoms with Crippen molar-refractivity contribution >= 4 is 26.0 Å². The number of alkyl halides is 1. The van der Waals surface area contributed by atoms with E-state index in [1.807, 2.05) is 0 Å². The molecule has 0 aliphatic heterocycles.